The second-order valence-corrected chi connectivity index (χ2v) is 7.12. The maximum Gasteiger partial charge on any atom is 0.274 e. The van der Waals surface area contributed by atoms with E-state index in [1.807, 2.05) is 30.3 Å². The minimum absolute atomic E-state index is 0.0880. The van der Waals surface area contributed by atoms with E-state index >= 15 is 0 Å². The molecule has 1 aromatic heterocycles. The second-order valence-electron chi connectivity index (χ2n) is 7.12. The van der Waals surface area contributed by atoms with E-state index in [2.05, 4.69) is 10.2 Å². The van der Waals surface area contributed by atoms with Gasteiger partial charge in [-0.2, -0.15) is 5.10 Å². The molecule has 2 aromatic rings. The maximum atomic E-state index is 12.7. The van der Waals surface area contributed by atoms with Crippen LogP contribution in [-0.4, -0.2) is 44.8 Å². The molecule has 1 fully saturated rings. The third-order valence-electron chi connectivity index (χ3n) is 4.70. The van der Waals surface area contributed by atoms with Gasteiger partial charge in [0, 0.05) is 19.0 Å². The molecule has 2 N–H and O–H groups in total. The zero-order valence-corrected chi connectivity index (χ0v) is 14.7. The molecule has 1 saturated heterocycles. The number of carbonyl (C=O) groups is 1. The van der Waals surface area contributed by atoms with Crippen molar-refractivity contribution in [3.63, 3.8) is 0 Å². The van der Waals surface area contributed by atoms with Crippen LogP contribution in [0.5, 0.6) is 5.75 Å². The van der Waals surface area contributed by atoms with Crippen LogP contribution < -0.4 is 4.74 Å². The lowest BCUT2D eigenvalue weighted by Crippen LogP contribution is -2.47. The summed E-state index contributed by atoms with van der Waals surface area (Å²) >= 11 is 0. The van der Waals surface area contributed by atoms with Crippen molar-refractivity contribution in [2.45, 2.75) is 38.9 Å². The summed E-state index contributed by atoms with van der Waals surface area (Å²) in [6.45, 7) is 5.20. The molecular weight excluding hydrogens is 318 g/mol. The van der Waals surface area contributed by atoms with E-state index in [1.165, 1.54) is 0 Å². The van der Waals surface area contributed by atoms with Crippen molar-refractivity contribution >= 4 is 5.91 Å². The molecule has 25 heavy (non-hydrogen) atoms. The summed E-state index contributed by atoms with van der Waals surface area (Å²) in [5.74, 6) is 0.759. The zero-order valence-electron chi connectivity index (χ0n) is 14.7. The Bertz CT molecular complexity index is 706. The predicted molar refractivity (Wildman–Crippen MR) is 94.3 cm³/mol. The first-order valence-corrected chi connectivity index (χ1v) is 8.67. The molecule has 6 nitrogen and oxygen atoms in total. The Morgan fingerprint density at radius 3 is 2.88 bits per heavy atom. The van der Waals surface area contributed by atoms with Gasteiger partial charge >= 0.3 is 0 Å². The van der Waals surface area contributed by atoms with Crippen molar-refractivity contribution in [3.8, 4) is 5.75 Å². The summed E-state index contributed by atoms with van der Waals surface area (Å²) in [6, 6.07) is 11.2. The van der Waals surface area contributed by atoms with Gasteiger partial charge in [0.25, 0.3) is 5.91 Å². The highest BCUT2D eigenvalue weighted by Crippen LogP contribution is 2.27. The summed E-state index contributed by atoms with van der Waals surface area (Å²) in [5.41, 5.74) is 0.366. The van der Waals surface area contributed by atoms with Crippen molar-refractivity contribution in [2.24, 2.45) is 5.92 Å². The Morgan fingerprint density at radius 1 is 1.40 bits per heavy atom. The largest absolute Gasteiger partial charge is 0.487 e. The highest BCUT2D eigenvalue weighted by Gasteiger charge is 2.33. The fourth-order valence-electron chi connectivity index (χ4n) is 3.12. The number of carbonyl (C=O) groups excluding carboxylic acids is 1. The van der Waals surface area contributed by atoms with E-state index in [0.29, 0.717) is 25.4 Å². The standard InChI is InChI=1S/C19H25N3O3/c1-19(2,24)14-7-6-10-22(12-14)18(23)17-11-15(20-21-17)13-25-16-8-4-3-5-9-16/h3-5,8-9,11,14,24H,6-7,10,12-13H2,1-2H3,(H,20,21)/t14-/m1/s1. The predicted octanol–water partition coefficient (Wildman–Crippen LogP) is 2.61. The number of nitrogens with zero attached hydrogens (tertiary/aromatic N) is 2. The van der Waals surface area contributed by atoms with Crippen LogP contribution in [0, 0.1) is 5.92 Å². The van der Waals surface area contributed by atoms with Crippen LogP contribution in [0.25, 0.3) is 0 Å². The maximum absolute atomic E-state index is 12.7. The lowest BCUT2D eigenvalue weighted by atomic mass is 9.84. The van der Waals surface area contributed by atoms with Gasteiger partial charge in [-0.25, -0.2) is 0 Å². The first-order chi connectivity index (χ1) is 11.9. The number of piperidine rings is 1. The van der Waals surface area contributed by atoms with Gasteiger partial charge in [-0.05, 0) is 44.9 Å². The smallest absolute Gasteiger partial charge is 0.274 e. The molecule has 0 unspecified atom stereocenters. The number of ether oxygens (including phenoxy) is 1. The van der Waals surface area contributed by atoms with E-state index in [4.69, 9.17) is 4.74 Å². The van der Waals surface area contributed by atoms with Crippen molar-refractivity contribution in [3.05, 3.63) is 47.8 Å². The van der Waals surface area contributed by atoms with Gasteiger partial charge in [-0.15, -0.1) is 0 Å². The second kappa shape index (κ2) is 7.27. The lowest BCUT2D eigenvalue weighted by molar-refractivity contribution is -0.0147. The van der Waals surface area contributed by atoms with Crippen LogP contribution in [0.1, 0.15) is 42.9 Å². The summed E-state index contributed by atoms with van der Waals surface area (Å²) in [7, 11) is 0. The van der Waals surface area contributed by atoms with Crippen molar-refractivity contribution in [2.75, 3.05) is 13.1 Å². The number of para-hydroxylation sites is 1. The average Bonchev–Trinajstić information content (AvgIpc) is 3.08. The first-order valence-electron chi connectivity index (χ1n) is 8.67. The third-order valence-corrected chi connectivity index (χ3v) is 4.70. The molecule has 1 aliphatic rings. The van der Waals surface area contributed by atoms with Gasteiger partial charge in [-0.1, -0.05) is 18.2 Å². The van der Waals surface area contributed by atoms with E-state index in [9.17, 15) is 9.90 Å². The molecule has 0 radical (unpaired) electrons. The number of rotatable bonds is 5. The number of hydrogen-bond donors (Lipinski definition) is 2. The summed E-state index contributed by atoms with van der Waals surface area (Å²) < 4.78 is 5.66. The minimum atomic E-state index is -0.779. The van der Waals surface area contributed by atoms with Crippen LogP contribution in [0.15, 0.2) is 36.4 Å². The fourth-order valence-corrected chi connectivity index (χ4v) is 3.12. The van der Waals surface area contributed by atoms with Gasteiger partial charge in [0.05, 0.1) is 11.3 Å². The molecular formula is C19H25N3O3. The van der Waals surface area contributed by atoms with Crippen LogP contribution in [-0.2, 0) is 6.61 Å². The van der Waals surface area contributed by atoms with Crippen LogP contribution in [0.4, 0.5) is 0 Å². The van der Waals surface area contributed by atoms with Crippen molar-refractivity contribution in [1.29, 1.82) is 0 Å². The molecule has 2 heterocycles. The van der Waals surface area contributed by atoms with E-state index < -0.39 is 5.60 Å². The SMILES string of the molecule is CC(C)(O)[C@@H]1CCCN(C(=O)c2cc(COc3ccccc3)[nH]n2)C1. The van der Waals surface area contributed by atoms with E-state index in [0.717, 1.165) is 24.3 Å². The zero-order chi connectivity index (χ0) is 17.9. The molecule has 0 bridgehead atoms. The number of amides is 1. The lowest BCUT2D eigenvalue weighted by Gasteiger charge is -2.38. The summed E-state index contributed by atoms with van der Waals surface area (Å²) in [4.78, 5) is 14.5. The number of benzene rings is 1. The minimum Gasteiger partial charge on any atom is -0.487 e. The highest BCUT2D eigenvalue weighted by molar-refractivity contribution is 5.92. The Kier molecular flexibility index (Phi) is 5.08. The number of H-pyrrole nitrogens is 1. The monoisotopic (exact) mass is 343 g/mol. The summed E-state index contributed by atoms with van der Waals surface area (Å²) in [6.07, 6.45) is 1.83. The van der Waals surface area contributed by atoms with Gasteiger partial charge in [-0.3, -0.25) is 9.89 Å². The molecule has 134 valence electrons. The average molecular weight is 343 g/mol. The van der Waals surface area contributed by atoms with Crippen LogP contribution in [0.2, 0.25) is 0 Å². The molecule has 1 aliphatic heterocycles. The quantitative estimate of drug-likeness (QED) is 0.875. The van der Waals surface area contributed by atoms with E-state index in [-0.39, 0.29) is 11.8 Å². The number of hydrogen-bond acceptors (Lipinski definition) is 4. The number of aliphatic hydroxyl groups is 1. The van der Waals surface area contributed by atoms with Gasteiger partial charge in [0.1, 0.15) is 12.4 Å². The third kappa shape index (κ3) is 4.39. The van der Waals surface area contributed by atoms with Crippen molar-refractivity contribution < 1.29 is 14.6 Å². The molecule has 6 heteroatoms. The Morgan fingerprint density at radius 2 is 2.16 bits per heavy atom. The van der Waals surface area contributed by atoms with Gasteiger partial charge in [0.2, 0.25) is 0 Å². The first kappa shape index (κ1) is 17.5. The van der Waals surface area contributed by atoms with Crippen LogP contribution >= 0.6 is 0 Å². The number of aromatic amines is 1. The van der Waals surface area contributed by atoms with Crippen molar-refractivity contribution in [1.82, 2.24) is 15.1 Å². The molecule has 0 aliphatic carbocycles. The van der Waals surface area contributed by atoms with E-state index in [1.54, 1.807) is 24.8 Å². The molecule has 0 spiro atoms. The molecule has 0 saturated carbocycles. The molecule has 1 amide bonds. The highest BCUT2D eigenvalue weighted by atomic mass is 16.5. The number of aromatic nitrogens is 2. The normalized spacial score (nSPS) is 18.2. The Labute approximate surface area is 147 Å². The van der Waals surface area contributed by atoms with Gasteiger partial charge < -0.3 is 14.7 Å². The summed E-state index contributed by atoms with van der Waals surface area (Å²) in [5, 5.41) is 17.2. The van der Waals surface area contributed by atoms with Gasteiger partial charge in [0.15, 0.2) is 5.69 Å². The van der Waals surface area contributed by atoms with Crippen LogP contribution in [0.3, 0.4) is 0 Å². The molecule has 3 rings (SSSR count). The Hall–Kier alpha value is -2.34. The fraction of sp³-hybridized carbons (Fsp3) is 0.474. The molecule has 1 aromatic carbocycles. The number of nitrogens with one attached hydrogen (secondary N) is 1. The topological polar surface area (TPSA) is 78.5 Å². The molecule has 1 atom stereocenters. The number of likely N-dealkylation sites (tertiary alicyclic amines) is 1. The Balaban J connectivity index is 1.60.